The van der Waals surface area contributed by atoms with E-state index in [1.807, 2.05) is 0 Å². The lowest BCUT2D eigenvalue weighted by Gasteiger charge is -2.26. The molecule has 1 aromatic carbocycles. The molecule has 1 aromatic rings. The van der Waals surface area contributed by atoms with E-state index in [-0.39, 0.29) is 6.54 Å². The van der Waals surface area contributed by atoms with Crippen molar-refractivity contribution in [3.05, 3.63) is 28.2 Å². The first kappa shape index (κ1) is 17.0. The molecule has 20 heavy (non-hydrogen) atoms. The molecule has 0 unspecified atom stereocenters. The fourth-order valence-corrected chi connectivity index (χ4v) is 1.77. The predicted octanol–water partition coefficient (Wildman–Crippen LogP) is 2.34. The summed E-state index contributed by atoms with van der Waals surface area (Å²) in [4.78, 5) is 13.5. The third kappa shape index (κ3) is 4.22. The van der Waals surface area contributed by atoms with Crippen molar-refractivity contribution in [2.45, 2.75) is 6.29 Å². The second-order valence-electron chi connectivity index (χ2n) is 4.03. The first-order chi connectivity index (χ1) is 9.40. The molecule has 0 saturated carbocycles. The number of hydrogen-bond acceptors (Lipinski definition) is 4. The summed E-state index contributed by atoms with van der Waals surface area (Å²) < 4.78 is 10.1. The molecule has 8 heteroatoms. The highest BCUT2D eigenvalue weighted by atomic mass is 35.5. The van der Waals surface area contributed by atoms with E-state index in [9.17, 15) is 4.79 Å². The maximum atomic E-state index is 12.1. The van der Waals surface area contributed by atoms with Gasteiger partial charge in [-0.3, -0.25) is 0 Å². The number of carbonyl (C=O) groups is 1. The van der Waals surface area contributed by atoms with Crippen molar-refractivity contribution in [2.75, 3.05) is 32.8 Å². The zero-order chi connectivity index (χ0) is 15.3. The summed E-state index contributed by atoms with van der Waals surface area (Å²) in [6, 6.07) is 4.26. The lowest BCUT2D eigenvalue weighted by atomic mass is 10.3. The Labute approximate surface area is 127 Å². The molecule has 0 spiro atoms. The number of hydrogen-bond donors (Lipinski definition) is 1. The summed E-state index contributed by atoms with van der Waals surface area (Å²) in [6.45, 7) is 0.237. The van der Waals surface area contributed by atoms with Gasteiger partial charge in [-0.15, -0.1) is 0 Å². The van der Waals surface area contributed by atoms with E-state index < -0.39 is 12.3 Å². The molecule has 0 bridgehead atoms. The van der Waals surface area contributed by atoms with Crippen LogP contribution in [0.3, 0.4) is 0 Å². The van der Waals surface area contributed by atoms with E-state index in [2.05, 4.69) is 0 Å². The third-order valence-corrected chi connectivity index (χ3v) is 3.40. The molecule has 0 radical (unpaired) electrons. The summed E-state index contributed by atoms with van der Waals surface area (Å²) in [6.07, 6.45) is -0.522. The van der Waals surface area contributed by atoms with Crippen LogP contribution in [0.15, 0.2) is 18.2 Å². The van der Waals surface area contributed by atoms with Crippen LogP contribution in [0, 0.1) is 0 Å². The van der Waals surface area contributed by atoms with Crippen molar-refractivity contribution < 1.29 is 14.3 Å². The molecule has 6 nitrogen and oxygen atoms in total. The van der Waals surface area contributed by atoms with Crippen molar-refractivity contribution >= 4 is 34.9 Å². The van der Waals surface area contributed by atoms with Crippen LogP contribution in [0.5, 0.6) is 0 Å². The fraction of sp³-hybridized carbons (Fsp3) is 0.417. The number of ether oxygens (including phenoxy) is 2. The number of anilines is 1. The van der Waals surface area contributed by atoms with Crippen molar-refractivity contribution in [1.82, 2.24) is 4.90 Å². The lowest BCUT2D eigenvalue weighted by molar-refractivity contribution is -0.109. The summed E-state index contributed by atoms with van der Waals surface area (Å²) in [7, 11) is 4.57. The Bertz CT molecular complexity index is 469. The van der Waals surface area contributed by atoms with Gasteiger partial charge in [0.25, 0.3) is 0 Å². The van der Waals surface area contributed by atoms with Gasteiger partial charge in [-0.25, -0.2) is 15.6 Å². The highest BCUT2D eigenvalue weighted by molar-refractivity contribution is 6.42. The second-order valence-corrected chi connectivity index (χ2v) is 4.85. The maximum Gasteiger partial charge on any atom is 0.338 e. The van der Waals surface area contributed by atoms with Crippen LogP contribution in [-0.2, 0) is 9.47 Å². The van der Waals surface area contributed by atoms with Crippen molar-refractivity contribution in [3.8, 4) is 0 Å². The number of nitrogens with two attached hydrogens (primary N) is 1. The quantitative estimate of drug-likeness (QED) is 0.391. The van der Waals surface area contributed by atoms with Gasteiger partial charge >= 0.3 is 6.03 Å². The zero-order valence-corrected chi connectivity index (χ0v) is 13.0. The van der Waals surface area contributed by atoms with Crippen LogP contribution in [0.2, 0.25) is 10.0 Å². The highest BCUT2D eigenvalue weighted by Crippen LogP contribution is 2.26. The van der Waals surface area contributed by atoms with Crippen molar-refractivity contribution in [1.29, 1.82) is 0 Å². The van der Waals surface area contributed by atoms with Gasteiger partial charge in [0.15, 0.2) is 6.29 Å². The van der Waals surface area contributed by atoms with Crippen molar-refractivity contribution in [2.24, 2.45) is 5.84 Å². The summed E-state index contributed by atoms with van der Waals surface area (Å²) in [5, 5.41) is 1.69. The molecule has 0 atom stereocenters. The molecule has 2 N–H and O–H groups in total. The zero-order valence-electron chi connectivity index (χ0n) is 11.5. The second kappa shape index (κ2) is 7.66. The number of nitrogens with zero attached hydrogens (tertiary/aromatic N) is 2. The maximum absolute atomic E-state index is 12.1. The van der Waals surface area contributed by atoms with Gasteiger partial charge < -0.3 is 14.4 Å². The standard InChI is InChI=1S/C12H17Cl2N3O3/c1-16(7-11(19-2)20-3)12(18)17(15)8-4-5-9(13)10(14)6-8/h4-6,11H,7,15H2,1-3H3. The van der Waals surface area contributed by atoms with E-state index in [1.54, 1.807) is 19.2 Å². The topological polar surface area (TPSA) is 68.0 Å². The van der Waals surface area contributed by atoms with Gasteiger partial charge in [-0.1, -0.05) is 23.2 Å². The van der Waals surface area contributed by atoms with Gasteiger partial charge in [-0.2, -0.15) is 0 Å². The Hall–Kier alpha value is -1.05. The Morgan fingerprint density at radius 2 is 1.90 bits per heavy atom. The Morgan fingerprint density at radius 1 is 1.30 bits per heavy atom. The molecule has 0 aliphatic heterocycles. The largest absolute Gasteiger partial charge is 0.354 e. The number of benzene rings is 1. The number of halogens is 2. The summed E-state index contributed by atoms with van der Waals surface area (Å²) in [5.41, 5.74) is 0.433. The first-order valence-corrected chi connectivity index (χ1v) is 6.46. The van der Waals surface area contributed by atoms with E-state index in [1.165, 1.54) is 25.2 Å². The molecule has 0 heterocycles. The predicted molar refractivity (Wildman–Crippen MR) is 79.0 cm³/mol. The lowest BCUT2D eigenvalue weighted by Crippen LogP contribution is -2.48. The first-order valence-electron chi connectivity index (χ1n) is 5.71. The average Bonchev–Trinajstić information content (AvgIpc) is 2.45. The molecule has 0 aromatic heterocycles. The monoisotopic (exact) mass is 321 g/mol. The minimum Gasteiger partial charge on any atom is -0.354 e. The van der Waals surface area contributed by atoms with Crippen LogP contribution in [-0.4, -0.2) is 45.0 Å². The van der Waals surface area contributed by atoms with Gasteiger partial charge in [0.1, 0.15) is 0 Å². The third-order valence-electron chi connectivity index (χ3n) is 2.66. The Kier molecular flexibility index (Phi) is 6.51. The number of carbonyl (C=O) groups excluding carboxylic acids is 1. The molecule has 0 aliphatic carbocycles. The number of amides is 2. The van der Waals surface area contributed by atoms with E-state index >= 15 is 0 Å². The van der Waals surface area contributed by atoms with Gasteiger partial charge in [-0.05, 0) is 18.2 Å². The molecule has 1 rings (SSSR count). The Morgan fingerprint density at radius 3 is 2.40 bits per heavy atom. The van der Waals surface area contributed by atoms with Crippen LogP contribution in [0.25, 0.3) is 0 Å². The molecule has 0 saturated heterocycles. The number of rotatable bonds is 5. The highest BCUT2D eigenvalue weighted by Gasteiger charge is 2.20. The number of likely N-dealkylation sites (N-methyl/N-ethyl adjacent to an activating group) is 1. The average molecular weight is 322 g/mol. The number of methoxy groups -OCH3 is 2. The minimum absolute atomic E-state index is 0.237. The van der Waals surface area contributed by atoms with Gasteiger partial charge in [0.2, 0.25) is 0 Å². The van der Waals surface area contributed by atoms with Gasteiger partial charge in [0.05, 0.1) is 22.3 Å². The SMILES string of the molecule is COC(CN(C)C(=O)N(N)c1ccc(Cl)c(Cl)c1)OC. The Balaban J connectivity index is 2.77. The van der Waals surface area contributed by atoms with Crippen LogP contribution < -0.4 is 10.9 Å². The molecular formula is C12H17Cl2N3O3. The molecular weight excluding hydrogens is 305 g/mol. The molecule has 0 aliphatic rings. The van der Waals surface area contributed by atoms with Crippen molar-refractivity contribution in [3.63, 3.8) is 0 Å². The molecule has 112 valence electrons. The van der Waals surface area contributed by atoms with Crippen LogP contribution in [0.1, 0.15) is 0 Å². The van der Waals surface area contributed by atoms with Crippen LogP contribution in [0.4, 0.5) is 10.5 Å². The van der Waals surface area contributed by atoms with E-state index in [0.29, 0.717) is 15.7 Å². The van der Waals surface area contributed by atoms with Crippen LogP contribution >= 0.6 is 23.2 Å². The van der Waals surface area contributed by atoms with Gasteiger partial charge in [0, 0.05) is 21.3 Å². The number of urea groups is 1. The molecule has 0 fully saturated rings. The normalized spacial score (nSPS) is 10.8. The molecule has 2 amide bonds. The fourth-order valence-electron chi connectivity index (χ4n) is 1.48. The smallest absolute Gasteiger partial charge is 0.338 e. The summed E-state index contributed by atoms with van der Waals surface area (Å²) in [5.74, 6) is 5.78. The van der Waals surface area contributed by atoms with E-state index in [4.69, 9.17) is 38.5 Å². The minimum atomic E-state index is -0.522. The van der Waals surface area contributed by atoms with E-state index in [0.717, 1.165) is 5.01 Å². The summed E-state index contributed by atoms with van der Waals surface area (Å²) >= 11 is 11.7. The number of hydrazine groups is 1.